The molecule has 58 heavy (non-hydrogen) atoms. The number of benzene rings is 3. The van der Waals surface area contributed by atoms with Crippen LogP contribution in [0.2, 0.25) is 0 Å². The molecule has 3 aromatic carbocycles. The Morgan fingerprint density at radius 3 is 2.43 bits per heavy atom. The Bertz CT molecular complexity index is 2230. The minimum atomic E-state index is -0.925. The summed E-state index contributed by atoms with van der Waals surface area (Å²) in [5, 5.41) is 15.1. The molecule has 1 aliphatic heterocycles. The minimum Gasteiger partial charge on any atom is -0.382 e. The lowest BCUT2D eigenvalue weighted by atomic mass is 9.97. The summed E-state index contributed by atoms with van der Waals surface area (Å²) in [7, 11) is 1.64. The monoisotopic (exact) mass is 803 g/mol. The summed E-state index contributed by atoms with van der Waals surface area (Å²) >= 11 is 1.48. The molecule has 2 aromatic heterocycles. The topological polar surface area (TPSA) is 236 Å². The zero-order valence-corrected chi connectivity index (χ0v) is 33.6. The van der Waals surface area contributed by atoms with Gasteiger partial charge in [0.1, 0.15) is 22.9 Å². The minimum absolute atomic E-state index is 0.149. The van der Waals surface area contributed by atoms with Gasteiger partial charge in [0, 0.05) is 60.3 Å². The largest absolute Gasteiger partial charge is 0.382 e. The highest BCUT2D eigenvalue weighted by Gasteiger charge is 2.34. The Balaban J connectivity index is 1.46. The Morgan fingerprint density at radius 2 is 1.66 bits per heavy atom. The maximum atomic E-state index is 14.7. The number of amidine groups is 1. The van der Waals surface area contributed by atoms with Gasteiger partial charge in [0.2, 0.25) is 17.7 Å². The van der Waals surface area contributed by atoms with Crippen molar-refractivity contribution in [1.29, 1.82) is 0 Å². The molecule has 0 spiro atoms. The molecule has 0 fully saturated rings. The third-order valence-corrected chi connectivity index (χ3v) is 11.7. The average molecular weight is 804 g/mol. The lowest BCUT2D eigenvalue weighted by molar-refractivity contribution is -0.142. The number of rotatable bonds is 11. The fraction of sp³-hybridized carbons (Fsp3) is 0.326. The van der Waals surface area contributed by atoms with Gasteiger partial charge in [-0.15, -0.1) is 0 Å². The summed E-state index contributed by atoms with van der Waals surface area (Å²) in [6.07, 6.45) is 6.57. The van der Waals surface area contributed by atoms with E-state index in [2.05, 4.69) is 26.0 Å². The number of aromatic nitrogens is 2. The lowest BCUT2D eigenvalue weighted by Gasteiger charge is -2.32. The molecule has 14 nitrogen and oxygen atoms in total. The molecule has 1 aliphatic rings. The van der Waals surface area contributed by atoms with Crippen molar-refractivity contribution < 1.29 is 14.4 Å². The number of para-hydroxylation sites is 1. The van der Waals surface area contributed by atoms with Crippen LogP contribution in [0.5, 0.6) is 0 Å². The summed E-state index contributed by atoms with van der Waals surface area (Å²) in [4.78, 5) is 53.8. The fourth-order valence-corrected chi connectivity index (χ4v) is 8.32. The summed E-state index contributed by atoms with van der Waals surface area (Å²) in [6, 6.07) is 22.8. The van der Waals surface area contributed by atoms with Crippen LogP contribution in [0.25, 0.3) is 22.0 Å². The van der Waals surface area contributed by atoms with E-state index in [4.69, 9.17) is 28.0 Å². The van der Waals surface area contributed by atoms with Gasteiger partial charge in [-0.2, -0.15) is 5.10 Å². The fourth-order valence-electron chi connectivity index (χ4n) is 7.27. The number of likely N-dealkylation sites (N-methyl/N-ethyl adjacent to an activating group) is 1. The molecular formula is C43H53N11O3S. The van der Waals surface area contributed by atoms with Crippen molar-refractivity contribution in [2.75, 3.05) is 20.1 Å². The van der Waals surface area contributed by atoms with Crippen LogP contribution in [0, 0.1) is 0 Å². The standard InChI is InChI=1S/C43H53N11O3S/c1-54-37(23-30-25-49-34-12-3-2-10-32(30)34)41(56)51-26-33-31(27-16-18-28(19-17-27)39(46)53-47)11-6-15-38(33)58-42-29(9-8-22-48-42)24-50-35(14-7-21-45)40(55)52-36(43(54)57)13-4-5-20-44/h2-3,6,8-12,15-19,22,25,35-37,49-50H,4-5,7,13-14,20-21,23-24,26,44-45,47H2,1H3,(H2,46,53)(H,51,56)(H,52,55)/t35?,36-,37-/m0/s1. The number of fused-ring (bicyclic) bond motifs is 3. The molecule has 0 radical (unpaired) electrons. The van der Waals surface area contributed by atoms with Gasteiger partial charge >= 0.3 is 0 Å². The predicted octanol–water partition coefficient (Wildman–Crippen LogP) is 3.47. The first-order valence-corrected chi connectivity index (χ1v) is 20.4. The molecule has 12 N–H and O–H groups in total. The van der Waals surface area contributed by atoms with E-state index < -0.39 is 18.1 Å². The van der Waals surface area contributed by atoms with Crippen LogP contribution in [0.15, 0.2) is 106 Å². The number of hydrazone groups is 1. The van der Waals surface area contributed by atoms with E-state index in [1.165, 1.54) is 16.7 Å². The van der Waals surface area contributed by atoms with Crippen molar-refractivity contribution in [2.45, 2.75) is 79.7 Å². The number of hydrogen-bond donors (Lipinski definition) is 8. The zero-order chi connectivity index (χ0) is 41.0. The van der Waals surface area contributed by atoms with Crippen molar-refractivity contribution in [3.63, 3.8) is 0 Å². The Morgan fingerprint density at radius 1 is 0.879 bits per heavy atom. The summed E-state index contributed by atoms with van der Waals surface area (Å²) in [6.45, 7) is 1.35. The molecular weight excluding hydrogens is 751 g/mol. The molecule has 0 saturated carbocycles. The van der Waals surface area contributed by atoms with E-state index in [-0.39, 0.29) is 36.5 Å². The number of aromatic amines is 1. The first-order chi connectivity index (χ1) is 28.2. The highest BCUT2D eigenvalue weighted by atomic mass is 32.2. The predicted molar refractivity (Wildman–Crippen MR) is 229 cm³/mol. The second-order valence-electron chi connectivity index (χ2n) is 14.4. The van der Waals surface area contributed by atoms with Crippen LogP contribution in [-0.2, 0) is 33.9 Å². The van der Waals surface area contributed by atoms with Crippen LogP contribution in [0.4, 0.5) is 0 Å². The summed E-state index contributed by atoms with van der Waals surface area (Å²) in [5.74, 6) is 4.65. The van der Waals surface area contributed by atoms with E-state index in [0.29, 0.717) is 57.3 Å². The van der Waals surface area contributed by atoms with E-state index in [1.54, 1.807) is 13.2 Å². The van der Waals surface area contributed by atoms with E-state index in [0.717, 1.165) is 48.6 Å². The Labute approximate surface area is 343 Å². The van der Waals surface area contributed by atoms with E-state index >= 15 is 0 Å². The quantitative estimate of drug-likeness (QED) is 0.0318. The van der Waals surface area contributed by atoms with Crippen molar-refractivity contribution in [3.05, 3.63) is 114 Å². The van der Waals surface area contributed by atoms with Gasteiger partial charge in [0.15, 0.2) is 0 Å². The number of unbranched alkanes of at least 4 members (excludes halogenated alkanes) is 1. The Kier molecular flexibility index (Phi) is 14.5. The highest BCUT2D eigenvalue weighted by Crippen LogP contribution is 2.37. The molecule has 3 atom stereocenters. The molecule has 3 heterocycles. The van der Waals surface area contributed by atoms with Crippen LogP contribution in [0.3, 0.4) is 0 Å². The number of carbonyl (C=O) groups is 3. The molecule has 3 amide bonds. The first-order valence-electron chi connectivity index (χ1n) is 19.6. The van der Waals surface area contributed by atoms with Crippen LogP contribution < -0.4 is 39.0 Å². The van der Waals surface area contributed by atoms with Crippen molar-refractivity contribution >= 4 is 46.2 Å². The van der Waals surface area contributed by atoms with Gasteiger partial charge in [-0.25, -0.2) is 4.98 Å². The number of nitrogens with zero attached hydrogens (tertiary/aromatic N) is 3. The molecule has 15 heteroatoms. The summed E-state index contributed by atoms with van der Waals surface area (Å²) in [5.41, 5.74) is 23.8. The van der Waals surface area contributed by atoms with Gasteiger partial charge < -0.3 is 48.9 Å². The third kappa shape index (κ3) is 10.0. The molecule has 6 rings (SSSR count). The maximum Gasteiger partial charge on any atom is 0.245 e. The van der Waals surface area contributed by atoms with Gasteiger partial charge in [-0.3, -0.25) is 14.4 Å². The smallest absolute Gasteiger partial charge is 0.245 e. The molecule has 0 bridgehead atoms. The maximum absolute atomic E-state index is 14.7. The number of carbonyl (C=O) groups excluding carboxylic acids is 3. The van der Waals surface area contributed by atoms with Gasteiger partial charge in [0.05, 0.1) is 6.04 Å². The van der Waals surface area contributed by atoms with Crippen molar-refractivity contribution in [1.82, 2.24) is 30.8 Å². The van der Waals surface area contributed by atoms with Crippen LogP contribution >= 0.6 is 11.8 Å². The van der Waals surface area contributed by atoms with Gasteiger partial charge in [0.25, 0.3) is 0 Å². The van der Waals surface area contributed by atoms with Crippen LogP contribution in [0.1, 0.15) is 54.4 Å². The van der Waals surface area contributed by atoms with Gasteiger partial charge in [-0.05, 0) is 91.2 Å². The van der Waals surface area contributed by atoms with Crippen LogP contribution in [-0.4, -0.2) is 76.7 Å². The number of nitrogens with one attached hydrogen (secondary N) is 4. The molecule has 0 aliphatic carbocycles. The number of pyridine rings is 1. The normalized spacial score (nSPS) is 18.6. The third-order valence-electron chi connectivity index (χ3n) is 10.6. The Hall–Kier alpha value is -5.74. The second kappa shape index (κ2) is 20.1. The number of nitrogens with two attached hydrogens (primary N) is 4. The molecule has 1 unspecified atom stereocenters. The van der Waals surface area contributed by atoms with Crippen molar-refractivity contribution in [2.24, 2.45) is 28.1 Å². The first kappa shape index (κ1) is 41.9. The average Bonchev–Trinajstić information content (AvgIpc) is 3.66. The highest BCUT2D eigenvalue weighted by molar-refractivity contribution is 7.99. The zero-order valence-electron chi connectivity index (χ0n) is 32.7. The molecule has 5 aromatic rings. The number of hydrogen-bond acceptors (Lipinski definition) is 10. The lowest BCUT2D eigenvalue weighted by Crippen LogP contribution is -2.57. The second-order valence-corrected chi connectivity index (χ2v) is 15.4. The van der Waals surface area contributed by atoms with Crippen molar-refractivity contribution in [3.8, 4) is 11.1 Å². The molecule has 0 saturated heterocycles. The SMILES string of the molecule is CN1C(=O)[C@H](CCCCN)NC(=O)C(CCCN)NCc2cccnc2Sc2cccc(-c3ccc(/C(N)=N/N)cc3)c2CNC(=O)[C@@H]1Cc1c[nH]c2ccccc12. The number of H-pyrrole nitrogens is 1. The van der Waals surface area contributed by atoms with Gasteiger partial charge in [-0.1, -0.05) is 72.4 Å². The molecule has 304 valence electrons. The van der Waals surface area contributed by atoms with E-state index in [9.17, 15) is 14.4 Å². The summed E-state index contributed by atoms with van der Waals surface area (Å²) < 4.78 is 0. The van der Waals surface area contributed by atoms with E-state index in [1.807, 2.05) is 85.1 Å². The number of amides is 3.